The van der Waals surface area contributed by atoms with Gasteiger partial charge in [0, 0.05) is 11.8 Å². The molecule has 1 aliphatic heterocycles. The Hall–Kier alpha value is -3.11. The number of carboxylic acid groups (broad SMARTS) is 1. The predicted molar refractivity (Wildman–Crippen MR) is 85.9 cm³/mol. The highest BCUT2D eigenvalue weighted by Crippen LogP contribution is 2.44. The molecule has 1 amide bonds. The average Bonchev–Trinajstić information content (AvgIpc) is 2.62. The van der Waals surface area contributed by atoms with Crippen LogP contribution in [0.2, 0.25) is 0 Å². The van der Waals surface area contributed by atoms with Crippen molar-refractivity contribution in [2.24, 2.45) is 0 Å². The summed E-state index contributed by atoms with van der Waals surface area (Å²) in [5.41, 5.74) is -1.77. The number of carbonyl (C=O) groups is 2. The van der Waals surface area contributed by atoms with Gasteiger partial charge >= 0.3 is 18.3 Å². The number of carboxylic acids is 1. The van der Waals surface area contributed by atoms with Crippen LogP contribution in [-0.2, 0) is 11.0 Å². The summed E-state index contributed by atoms with van der Waals surface area (Å²) in [7, 11) is 0. The van der Waals surface area contributed by atoms with E-state index in [0.29, 0.717) is 17.2 Å². The van der Waals surface area contributed by atoms with E-state index in [1.54, 1.807) is 0 Å². The first-order chi connectivity index (χ1) is 13.4. The molecule has 29 heavy (non-hydrogen) atoms. The van der Waals surface area contributed by atoms with Crippen molar-refractivity contribution < 1.29 is 41.0 Å². The minimum absolute atomic E-state index is 0.0201. The molecule has 5 nitrogen and oxygen atoms in total. The number of nitrogens with zero attached hydrogens (tertiary/aromatic N) is 2. The summed E-state index contributed by atoms with van der Waals surface area (Å²) in [5.74, 6) is -4.22. The molecular weight excluding hydrogens is 406 g/mol. The van der Waals surface area contributed by atoms with Gasteiger partial charge < -0.3 is 10.0 Å². The monoisotopic (exact) mass is 418 g/mol. The van der Waals surface area contributed by atoms with Crippen molar-refractivity contribution in [1.29, 1.82) is 0 Å². The van der Waals surface area contributed by atoms with Gasteiger partial charge in [-0.2, -0.15) is 26.3 Å². The molecule has 0 spiro atoms. The third kappa shape index (κ3) is 4.03. The number of alkyl halides is 6. The van der Waals surface area contributed by atoms with Gasteiger partial charge in [-0.25, -0.2) is 0 Å². The molecule has 1 N–H and O–H groups in total. The van der Waals surface area contributed by atoms with E-state index < -0.39 is 48.4 Å². The van der Waals surface area contributed by atoms with Gasteiger partial charge in [0.25, 0.3) is 5.91 Å². The summed E-state index contributed by atoms with van der Waals surface area (Å²) in [6.07, 6.45) is -9.00. The maximum Gasteiger partial charge on any atom is 0.433 e. The number of aliphatic carboxylic acids is 1. The number of carbonyl (C=O) groups excluding carboxylic acids is 1. The molecule has 0 unspecified atom stereocenters. The molecule has 11 heteroatoms. The highest BCUT2D eigenvalue weighted by atomic mass is 19.4. The maximum absolute atomic E-state index is 13.1. The lowest BCUT2D eigenvalue weighted by Gasteiger charge is -2.40. The molecular formula is C18H12F6N2O3. The summed E-state index contributed by atoms with van der Waals surface area (Å²) >= 11 is 0. The van der Waals surface area contributed by atoms with Crippen molar-refractivity contribution in [3.63, 3.8) is 0 Å². The predicted octanol–water partition coefficient (Wildman–Crippen LogP) is 4.03. The van der Waals surface area contributed by atoms with Crippen molar-refractivity contribution >= 4 is 11.9 Å². The zero-order valence-electron chi connectivity index (χ0n) is 14.3. The van der Waals surface area contributed by atoms with Gasteiger partial charge in [-0.1, -0.05) is 24.3 Å². The Bertz CT molecular complexity index is 940. The maximum atomic E-state index is 13.1. The van der Waals surface area contributed by atoms with Gasteiger partial charge in [-0.3, -0.25) is 14.6 Å². The van der Waals surface area contributed by atoms with Crippen molar-refractivity contribution in [3.8, 4) is 0 Å². The normalized spacial score (nSPS) is 19.8. The SMILES string of the molecule is O=C(O)[C@H]1c2ccccc2C(=O)N(CC(F)(F)F)[C@H]1c1ccc(C(F)(F)F)nc1. The number of halogens is 6. The van der Waals surface area contributed by atoms with Gasteiger partial charge in [0.2, 0.25) is 0 Å². The van der Waals surface area contributed by atoms with Gasteiger partial charge in [0.15, 0.2) is 0 Å². The summed E-state index contributed by atoms with van der Waals surface area (Å²) in [5, 5.41) is 9.68. The summed E-state index contributed by atoms with van der Waals surface area (Å²) in [6, 6.07) is 4.97. The van der Waals surface area contributed by atoms with E-state index in [9.17, 15) is 41.0 Å². The topological polar surface area (TPSA) is 70.5 Å². The lowest BCUT2D eigenvalue weighted by molar-refractivity contribution is -0.153. The van der Waals surface area contributed by atoms with Crippen molar-refractivity contribution in [2.75, 3.05) is 6.54 Å². The molecule has 2 aromatic rings. The molecule has 2 heterocycles. The molecule has 1 aromatic carbocycles. The zero-order valence-corrected chi connectivity index (χ0v) is 14.3. The first-order valence-corrected chi connectivity index (χ1v) is 8.13. The highest BCUT2D eigenvalue weighted by molar-refractivity contribution is 6.00. The number of hydrogen-bond acceptors (Lipinski definition) is 3. The van der Waals surface area contributed by atoms with Crippen LogP contribution in [0, 0.1) is 0 Å². The summed E-state index contributed by atoms with van der Waals surface area (Å²) in [6.45, 7) is -1.77. The van der Waals surface area contributed by atoms with E-state index >= 15 is 0 Å². The summed E-state index contributed by atoms with van der Waals surface area (Å²) in [4.78, 5) is 28.1. The first kappa shape index (κ1) is 20.6. The van der Waals surface area contributed by atoms with E-state index in [2.05, 4.69) is 4.98 Å². The van der Waals surface area contributed by atoms with Crippen LogP contribution in [-0.4, -0.2) is 39.6 Å². The van der Waals surface area contributed by atoms with Crippen LogP contribution in [0.1, 0.15) is 39.1 Å². The molecule has 2 atom stereocenters. The van der Waals surface area contributed by atoms with Crippen molar-refractivity contribution in [3.05, 3.63) is 65.0 Å². The highest BCUT2D eigenvalue weighted by Gasteiger charge is 2.48. The van der Waals surface area contributed by atoms with Crippen LogP contribution >= 0.6 is 0 Å². The molecule has 0 aliphatic carbocycles. The molecule has 3 rings (SSSR count). The first-order valence-electron chi connectivity index (χ1n) is 8.13. The van der Waals surface area contributed by atoms with Crippen LogP contribution in [0.25, 0.3) is 0 Å². The van der Waals surface area contributed by atoms with E-state index in [0.717, 1.165) is 6.07 Å². The Morgan fingerprint density at radius 2 is 1.72 bits per heavy atom. The molecule has 0 saturated carbocycles. The fraction of sp³-hybridized carbons (Fsp3) is 0.278. The number of aromatic nitrogens is 1. The number of rotatable bonds is 3. The van der Waals surface area contributed by atoms with Crippen LogP contribution in [0.15, 0.2) is 42.6 Å². The number of benzene rings is 1. The lowest BCUT2D eigenvalue weighted by atomic mass is 9.80. The van der Waals surface area contributed by atoms with Crippen LogP contribution in [0.4, 0.5) is 26.3 Å². The number of fused-ring (bicyclic) bond motifs is 1. The second-order valence-electron chi connectivity index (χ2n) is 6.37. The van der Waals surface area contributed by atoms with E-state index in [1.807, 2.05) is 0 Å². The zero-order chi connectivity index (χ0) is 21.6. The summed E-state index contributed by atoms with van der Waals surface area (Å²) < 4.78 is 77.6. The fourth-order valence-corrected chi connectivity index (χ4v) is 3.35. The van der Waals surface area contributed by atoms with Crippen molar-refractivity contribution in [1.82, 2.24) is 9.88 Å². The Morgan fingerprint density at radius 1 is 1.07 bits per heavy atom. The van der Waals surface area contributed by atoms with Crippen LogP contribution in [0.5, 0.6) is 0 Å². The van der Waals surface area contributed by atoms with Gasteiger partial charge in [0.05, 0.1) is 6.04 Å². The smallest absolute Gasteiger partial charge is 0.433 e. The molecule has 1 aliphatic rings. The Labute approximate surface area is 159 Å². The molecule has 1 aromatic heterocycles. The Morgan fingerprint density at radius 3 is 2.24 bits per heavy atom. The largest absolute Gasteiger partial charge is 0.481 e. The molecule has 0 radical (unpaired) electrons. The number of amides is 1. The molecule has 0 fully saturated rings. The van der Waals surface area contributed by atoms with Gasteiger partial charge in [0.1, 0.15) is 18.2 Å². The molecule has 0 bridgehead atoms. The van der Waals surface area contributed by atoms with E-state index in [1.165, 1.54) is 24.3 Å². The average molecular weight is 418 g/mol. The number of pyridine rings is 1. The minimum Gasteiger partial charge on any atom is -0.481 e. The van der Waals surface area contributed by atoms with Crippen LogP contribution < -0.4 is 0 Å². The standard InChI is InChI=1S/C18H12F6N2O3/c19-17(20,21)8-26-14(9-5-6-12(25-7-9)18(22,23)24)13(16(28)29)10-3-1-2-4-11(10)15(26)27/h1-7,13-14H,8H2,(H,28,29)/t13-,14-/m0/s1. The van der Waals surface area contributed by atoms with Crippen molar-refractivity contribution in [2.45, 2.75) is 24.3 Å². The Kier molecular flexibility index (Phi) is 5.01. The van der Waals surface area contributed by atoms with Gasteiger partial charge in [-0.05, 0) is 23.3 Å². The third-order valence-corrected chi connectivity index (χ3v) is 4.47. The molecule has 0 saturated heterocycles. The van der Waals surface area contributed by atoms with E-state index in [-0.39, 0.29) is 16.7 Å². The number of hydrogen-bond donors (Lipinski definition) is 1. The third-order valence-electron chi connectivity index (χ3n) is 4.47. The minimum atomic E-state index is -4.86. The van der Waals surface area contributed by atoms with E-state index in [4.69, 9.17) is 0 Å². The fourth-order valence-electron chi connectivity index (χ4n) is 3.35. The van der Waals surface area contributed by atoms with Gasteiger partial charge in [-0.15, -0.1) is 0 Å². The molecule has 154 valence electrons. The second-order valence-corrected chi connectivity index (χ2v) is 6.37. The van der Waals surface area contributed by atoms with Crippen LogP contribution in [0.3, 0.4) is 0 Å². The second kappa shape index (κ2) is 7.05. The quantitative estimate of drug-likeness (QED) is 0.765. The Balaban J connectivity index is 2.18. The lowest BCUT2D eigenvalue weighted by Crippen LogP contribution is -2.48.